The van der Waals surface area contributed by atoms with E-state index >= 15 is 0 Å². The normalized spacial score (nSPS) is 11.5. The van der Waals surface area contributed by atoms with E-state index in [2.05, 4.69) is 15.6 Å². The fourth-order valence-electron chi connectivity index (χ4n) is 3.90. The molecule has 1 heterocycles. The highest BCUT2D eigenvalue weighted by atomic mass is 32.2. The fourth-order valence-corrected chi connectivity index (χ4v) is 5.89. The molecule has 0 saturated carbocycles. The molecule has 40 heavy (non-hydrogen) atoms. The molecule has 1 unspecified atom stereocenters. The molecule has 0 radical (unpaired) electrons. The van der Waals surface area contributed by atoms with Crippen molar-refractivity contribution < 1.29 is 19.2 Å². The third-order valence-corrected chi connectivity index (χ3v) is 8.01. The molecule has 200 valence electrons. The molecule has 4 aromatic carbocycles. The van der Waals surface area contributed by atoms with Crippen LogP contribution in [0.2, 0.25) is 0 Å². The molecule has 1 aromatic heterocycles. The Balaban J connectivity index is 1.35. The molecule has 0 spiro atoms. The van der Waals surface area contributed by atoms with Gasteiger partial charge in [0.05, 0.1) is 22.2 Å². The first kappa shape index (κ1) is 26.9. The summed E-state index contributed by atoms with van der Waals surface area (Å²) in [4.78, 5) is 42.1. The van der Waals surface area contributed by atoms with Crippen molar-refractivity contribution in [3.05, 3.63) is 118 Å². The zero-order chi connectivity index (χ0) is 28.1. The molecule has 0 aliphatic rings. The minimum Gasteiger partial charge on any atom is -0.497 e. The number of rotatable bonds is 9. The van der Waals surface area contributed by atoms with Crippen LogP contribution in [0, 0.1) is 10.1 Å². The Hall–Kier alpha value is -4.74. The average Bonchev–Trinajstić information content (AvgIpc) is 3.37. The predicted molar refractivity (Wildman–Crippen MR) is 157 cm³/mol. The molecule has 5 aromatic rings. The van der Waals surface area contributed by atoms with Gasteiger partial charge in [-0.3, -0.25) is 19.7 Å². The zero-order valence-corrected chi connectivity index (χ0v) is 22.7. The van der Waals surface area contributed by atoms with Gasteiger partial charge < -0.3 is 15.4 Å². The minimum absolute atomic E-state index is 0.166. The summed E-state index contributed by atoms with van der Waals surface area (Å²) in [6.07, 6.45) is 0. The van der Waals surface area contributed by atoms with Crippen LogP contribution in [0.25, 0.3) is 10.2 Å². The number of nitrogens with zero attached hydrogens (tertiary/aromatic N) is 2. The molecule has 0 saturated heterocycles. The quantitative estimate of drug-likeness (QED) is 0.112. The van der Waals surface area contributed by atoms with Crippen molar-refractivity contribution in [2.75, 3.05) is 17.7 Å². The van der Waals surface area contributed by atoms with Gasteiger partial charge in [0.25, 0.3) is 11.6 Å². The SMILES string of the molecule is COc1ccc2nc(NC(=O)C(Sc3cccc(NC(=O)c4cccc([N+](=O)[O-])c4)c3)c3ccccc3)sc2c1. The number of non-ortho nitro benzene ring substituents is 1. The Morgan fingerprint density at radius 3 is 2.52 bits per heavy atom. The first-order valence-electron chi connectivity index (χ1n) is 12.0. The number of nitro groups is 1. The molecule has 2 amide bonds. The van der Waals surface area contributed by atoms with E-state index in [1.165, 1.54) is 47.4 Å². The second-order valence-corrected chi connectivity index (χ2v) is 10.7. The number of ether oxygens (including phenoxy) is 1. The summed E-state index contributed by atoms with van der Waals surface area (Å²) < 4.78 is 6.18. The van der Waals surface area contributed by atoms with Crippen molar-refractivity contribution in [2.24, 2.45) is 0 Å². The maximum Gasteiger partial charge on any atom is 0.270 e. The van der Waals surface area contributed by atoms with E-state index < -0.39 is 16.1 Å². The lowest BCUT2D eigenvalue weighted by Crippen LogP contribution is -2.19. The molecular weight excluding hydrogens is 548 g/mol. The number of benzene rings is 4. The van der Waals surface area contributed by atoms with E-state index in [0.717, 1.165) is 20.7 Å². The van der Waals surface area contributed by atoms with Gasteiger partial charge in [0.15, 0.2) is 5.13 Å². The molecule has 0 aliphatic carbocycles. The molecular formula is C29H22N4O5S2. The van der Waals surface area contributed by atoms with Gasteiger partial charge in [-0.15, -0.1) is 11.8 Å². The van der Waals surface area contributed by atoms with Crippen LogP contribution in [0.3, 0.4) is 0 Å². The lowest BCUT2D eigenvalue weighted by molar-refractivity contribution is -0.384. The van der Waals surface area contributed by atoms with Gasteiger partial charge in [0.1, 0.15) is 11.0 Å². The Labute approximate surface area is 237 Å². The number of amides is 2. The highest BCUT2D eigenvalue weighted by molar-refractivity contribution is 8.00. The Morgan fingerprint density at radius 2 is 1.75 bits per heavy atom. The van der Waals surface area contributed by atoms with E-state index in [1.807, 2.05) is 54.6 Å². The van der Waals surface area contributed by atoms with Crippen LogP contribution in [0.4, 0.5) is 16.5 Å². The van der Waals surface area contributed by atoms with Gasteiger partial charge in [0.2, 0.25) is 5.91 Å². The Morgan fingerprint density at radius 1 is 0.950 bits per heavy atom. The monoisotopic (exact) mass is 570 g/mol. The third-order valence-electron chi connectivity index (χ3n) is 5.83. The van der Waals surface area contributed by atoms with Gasteiger partial charge in [-0.05, 0) is 48.0 Å². The van der Waals surface area contributed by atoms with Crippen molar-refractivity contribution >= 4 is 61.6 Å². The second-order valence-electron chi connectivity index (χ2n) is 8.54. The highest BCUT2D eigenvalue weighted by Gasteiger charge is 2.24. The maximum atomic E-state index is 13.5. The number of thiazole rings is 1. The van der Waals surface area contributed by atoms with Gasteiger partial charge in [-0.2, -0.15) is 0 Å². The third kappa shape index (κ3) is 6.28. The van der Waals surface area contributed by atoms with Gasteiger partial charge in [-0.25, -0.2) is 4.98 Å². The molecule has 5 rings (SSSR count). The first-order valence-corrected chi connectivity index (χ1v) is 13.7. The van der Waals surface area contributed by atoms with E-state index in [0.29, 0.717) is 16.6 Å². The van der Waals surface area contributed by atoms with E-state index in [9.17, 15) is 19.7 Å². The molecule has 1 atom stereocenters. The Kier molecular flexibility index (Phi) is 8.04. The number of carbonyl (C=O) groups excluding carboxylic acids is 2. The van der Waals surface area contributed by atoms with Crippen molar-refractivity contribution in [1.82, 2.24) is 4.98 Å². The first-order chi connectivity index (χ1) is 19.4. The Bertz CT molecular complexity index is 1710. The van der Waals surface area contributed by atoms with Crippen molar-refractivity contribution in [3.8, 4) is 5.75 Å². The molecule has 0 bridgehead atoms. The van der Waals surface area contributed by atoms with Crippen LogP contribution in [-0.4, -0.2) is 28.8 Å². The standard InChI is InChI=1S/C29H22N4O5S2/c1-38-22-13-14-24-25(17-22)40-29(31-24)32-28(35)26(18-7-3-2-4-8-18)39-23-12-6-10-20(16-23)30-27(34)19-9-5-11-21(15-19)33(36)37/h2-17,26H,1H3,(H,30,34)(H,31,32,35). The molecule has 2 N–H and O–H groups in total. The smallest absolute Gasteiger partial charge is 0.270 e. The highest BCUT2D eigenvalue weighted by Crippen LogP contribution is 2.38. The molecule has 9 nitrogen and oxygen atoms in total. The number of hydrogen-bond acceptors (Lipinski definition) is 8. The largest absolute Gasteiger partial charge is 0.497 e. The maximum absolute atomic E-state index is 13.5. The van der Waals surface area contributed by atoms with Crippen LogP contribution in [-0.2, 0) is 4.79 Å². The summed E-state index contributed by atoms with van der Waals surface area (Å²) in [6, 6.07) is 27.5. The number of anilines is 2. The van der Waals surface area contributed by atoms with Gasteiger partial charge in [0, 0.05) is 28.3 Å². The summed E-state index contributed by atoms with van der Waals surface area (Å²) in [7, 11) is 1.60. The number of fused-ring (bicyclic) bond motifs is 1. The summed E-state index contributed by atoms with van der Waals surface area (Å²) in [6.45, 7) is 0. The lowest BCUT2D eigenvalue weighted by Gasteiger charge is -2.17. The number of nitro benzene ring substituents is 1. The predicted octanol–water partition coefficient (Wildman–Crippen LogP) is 6.94. The number of nitrogens with one attached hydrogen (secondary N) is 2. The van der Waals surface area contributed by atoms with E-state index in [-0.39, 0.29) is 17.2 Å². The van der Waals surface area contributed by atoms with Crippen molar-refractivity contribution in [3.63, 3.8) is 0 Å². The van der Waals surface area contributed by atoms with Crippen LogP contribution in [0.1, 0.15) is 21.2 Å². The van der Waals surface area contributed by atoms with E-state index in [4.69, 9.17) is 4.74 Å². The minimum atomic E-state index is -0.606. The average molecular weight is 571 g/mol. The van der Waals surface area contributed by atoms with Crippen LogP contribution >= 0.6 is 23.1 Å². The number of methoxy groups -OCH3 is 1. The van der Waals surface area contributed by atoms with Crippen molar-refractivity contribution in [1.29, 1.82) is 0 Å². The molecule has 11 heteroatoms. The summed E-state index contributed by atoms with van der Waals surface area (Å²) in [5.41, 5.74) is 2.06. The molecule has 0 aliphatic heterocycles. The van der Waals surface area contributed by atoms with Gasteiger partial charge in [-0.1, -0.05) is 53.8 Å². The second kappa shape index (κ2) is 12.0. The van der Waals surface area contributed by atoms with E-state index in [1.54, 1.807) is 25.3 Å². The fraction of sp³-hybridized carbons (Fsp3) is 0.0690. The van der Waals surface area contributed by atoms with Crippen LogP contribution in [0.15, 0.2) is 102 Å². The summed E-state index contributed by atoms with van der Waals surface area (Å²) in [5, 5.41) is 16.7. The number of carbonyl (C=O) groups is 2. The van der Waals surface area contributed by atoms with Gasteiger partial charge >= 0.3 is 0 Å². The number of hydrogen-bond donors (Lipinski definition) is 2. The number of thioether (sulfide) groups is 1. The zero-order valence-electron chi connectivity index (χ0n) is 21.1. The molecule has 0 fully saturated rings. The van der Waals surface area contributed by atoms with Crippen LogP contribution < -0.4 is 15.4 Å². The van der Waals surface area contributed by atoms with Crippen molar-refractivity contribution in [2.45, 2.75) is 10.1 Å². The number of aromatic nitrogens is 1. The lowest BCUT2D eigenvalue weighted by atomic mass is 10.1. The summed E-state index contributed by atoms with van der Waals surface area (Å²) in [5.74, 6) is -0.00636. The summed E-state index contributed by atoms with van der Waals surface area (Å²) >= 11 is 2.69. The topological polar surface area (TPSA) is 123 Å². The van der Waals surface area contributed by atoms with Crippen LogP contribution in [0.5, 0.6) is 5.75 Å².